The number of amidine groups is 1. The molecule has 0 aliphatic carbocycles. The number of esters is 1. The predicted molar refractivity (Wildman–Crippen MR) is 107 cm³/mol. The number of benzene rings is 2. The van der Waals surface area contributed by atoms with E-state index in [0.29, 0.717) is 17.5 Å². The molecule has 3 rings (SSSR count). The Morgan fingerprint density at radius 2 is 2.04 bits per heavy atom. The number of fused-ring (bicyclic) bond motifs is 1. The number of carbonyl (C=O) groups is 1. The van der Waals surface area contributed by atoms with Crippen molar-refractivity contribution in [1.82, 2.24) is 0 Å². The molecule has 7 nitrogen and oxygen atoms in total. The second kappa shape index (κ2) is 8.22. The number of carbonyl (C=O) groups excluding carboxylic acids is 1. The van der Waals surface area contributed by atoms with Crippen molar-refractivity contribution in [3.8, 4) is 0 Å². The lowest BCUT2D eigenvalue weighted by atomic mass is 10.0. The van der Waals surface area contributed by atoms with Crippen LogP contribution in [0, 0.1) is 17.0 Å². The van der Waals surface area contributed by atoms with Crippen molar-refractivity contribution in [3.63, 3.8) is 0 Å². The number of non-ortho nitro benzene ring substituents is 1. The van der Waals surface area contributed by atoms with E-state index in [9.17, 15) is 14.9 Å². The van der Waals surface area contributed by atoms with Gasteiger partial charge in [-0.1, -0.05) is 29.5 Å². The molecule has 2 aromatic carbocycles. The number of nitro benzene ring substituents is 1. The lowest BCUT2D eigenvalue weighted by molar-refractivity contribution is -0.384. The van der Waals surface area contributed by atoms with Crippen LogP contribution in [0.25, 0.3) is 0 Å². The maximum Gasteiger partial charge on any atom is 0.307 e. The molecule has 27 heavy (non-hydrogen) atoms. The average molecular weight is 385 g/mol. The quantitative estimate of drug-likeness (QED) is 0.454. The van der Waals surface area contributed by atoms with E-state index in [1.165, 1.54) is 23.9 Å². The molecule has 1 aliphatic heterocycles. The van der Waals surface area contributed by atoms with Crippen LogP contribution < -0.4 is 5.32 Å². The molecular weight excluding hydrogens is 366 g/mol. The molecular formula is C19H19N3O4S. The van der Waals surface area contributed by atoms with Gasteiger partial charge in [-0.15, -0.1) is 0 Å². The zero-order valence-corrected chi connectivity index (χ0v) is 15.8. The largest absolute Gasteiger partial charge is 0.466 e. The van der Waals surface area contributed by atoms with E-state index in [1.807, 2.05) is 25.1 Å². The number of ether oxygens (including phenoxy) is 1. The molecule has 140 valence electrons. The number of nitrogens with zero attached hydrogens (tertiary/aromatic N) is 2. The van der Waals surface area contributed by atoms with Crippen LogP contribution in [-0.4, -0.2) is 22.7 Å². The maximum atomic E-state index is 12.0. The van der Waals surface area contributed by atoms with Crippen LogP contribution in [-0.2, 0) is 9.53 Å². The first-order chi connectivity index (χ1) is 13.0. The number of nitrogens with one attached hydrogen (secondary N) is 1. The summed E-state index contributed by atoms with van der Waals surface area (Å²) >= 11 is 1.45. The van der Waals surface area contributed by atoms with Gasteiger partial charge in [0.25, 0.3) is 5.69 Å². The fourth-order valence-electron chi connectivity index (χ4n) is 2.74. The van der Waals surface area contributed by atoms with E-state index in [4.69, 9.17) is 4.74 Å². The van der Waals surface area contributed by atoms with E-state index < -0.39 is 4.92 Å². The minimum Gasteiger partial charge on any atom is -0.466 e. The van der Waals surface area contributed by atoms with Gasteiger partial charge in [-0.25, -0.2) is 4.99 Å². The molecule has 0 bridgehead atoms. The van der Waals surface area contributed by atoms with Gasteiger partial charge in [-0.05, 0) is 37.6 Å². The summed E-state index contributed by atoms with van der Waals surface area (Å²) in [6, 6.07) is 12.1. The number of anilines is 1. The fourth-order valence-corrected chi connectivity index (χ4v) is 3.87. The number of aliphatic imine (C=N–C) groups is 1. The summed E-state index contributed by atoms with van der Waals surface area (Å²) in [4.78, 5) is 27.0. The number of nitro groups is 1. The van der Waals surface area contributed by atoms with Crippen molar-refractivity contribution in [3.05, 3.63) is 63.7 Å². The zero-order chi connectivity index (χ0) is 19.4. The molecule has 1 aliphatic rings. The highest BCUT2D eigenvalue weighted by Gasteiger charge is 2.26. The zero-order valence-electron chi connectivity index (χ0n) is 15.0. The average Bonchev–Trinajstić information content (AvgIpc) is 2.63. The van der Waals surface area contributed by atoms with Gasteiger partial charge in [-0.2, -0.15) is 0 Å². The highest BCUT2D eigenvalue weighted by molar-refractivity contribution is 8.14. The summed E-state index contributed by atoms with van der Waals surface area (Å²) in [6.45, 7) is 4.13. The Morgan fingerprint density at radius 3 is 2.70 bits per heavy atom. The third kappa shape index (κ3) is 4.65. The molecule has 1 heterocycles. The summed E-state index contributed by atoms with van der Waals surface area (Å²) in [5.74, 6) is -0.251. The monoisotopic (exact) mass is 385 g/mol. The van der Waals surface area contributed by atoms with Crippen LogP contribution >= 0.6 is 11.8 Å². The Morgan fingerprint density at radius 1 is 1.30 bits per heavy atom. The molecule has 0 spiro atoms. The van der Waals surface area contributed by atoms with Crippen molar-refractivity contribution >= 4 is 40.0 Å². The van der Waals surface area contributed by atoms with Crippen molar-refractivity contribution in [2.75, 3.05) is 11.9 Å². The molecule has 0 aromatic heterocycles. The molecule has 0 fully saturated rings. The second-order valence-electron chi connectivity index (χ2n) is 6.02. The first kappa shape index (κ1) is 18.9. The summed E-state index contributed by atoms with van der Waals surface area (Å²) in [5, 5.41) is 14.5. The lowest BCUT2D eigenvalue weighted by Gasteiger charge is -2.24. The van der Waals surface area contributed by atoms with Crippen LogP contribution in [0.15, 0.2) is 47.5 Å². The molecule has 0 saturated heterocycles. The molecule has 8 heteroatoms. The van der Waals surface area contributed by atoms with E-state index in [-0.39, 0.29) is 23.3 Å². The van der Waals surface area contributed by atoms with Crippen molar-refractivity contribution < 1.29 is 14.5 Å². The molecule has 1 unspecified atom stereocenters. The van der Waals surface area contributed by atoms with Gasteiger partial charge in [0.2, 0.25) is 0 Å². The van der Waals surface area contributed by atoms with E-state index in [0.717, 1.165) is 16.8 Å². The highest BCUT2D eigenvalue weighted by Crippen LogP contribution is 2.43. The Labute approximate surface area is 161 Å². The number of hydrogen-bond donors (Lipinski definition) is 1. The number of thioether (sulfide) groups is 1. The van der Waals surface area contributed by atoms with Gasteiger partial charge in [0.15, 0.2) is 5.17 Å². The van der Waals surface area contributed by atoms with Gasteiger partial charge in [-0.3, -0.25) is 14.9 Å². The third-order valence-corrected chi connectivity index (χ3v) is 5.11. The Hall–Kier alpha value is -2.87. The molecule has 1 N–H and O–H groups in total. The first-order valence-corrected chi connectivity index (χ1v) is 9.37. The SMILES string of the molecule is CCOC(=O)CC1SC(Nc2ccc([N+](=O)[O-])cc2)=Nc2ccc(C)cc21. The molecule has 0 saturated carbocycles. The third-order valence-electron chi connectivity index (χ3n) is 3.99. The Kier molecular flexibility index (Phi) is 5.75. The topological polar surface area (TPSA) is 93.8 Å². The standard InChI is InChI=1S/C19H19N3O4S/c1-3-26-18(23)11-17-15-10-12(2)4-9-16(15)21-19(27-17)20-13-5-7-14(8-6-13)22(24)25/h4-10,17H,3,11H2,1-2H3,(H,20,21). The van der Waals surface area contributed by atoms with Crippen LogP contribution in [0.5, 0.6) is 0 Å². The minimum atomic E-state index is -0.440. The van der Waals surface area contributed by atoms with Gasteiger partial charge in [0, 0.05) is 23.1 Å². The summed E-state index contributed by atoms with van der Waals surface area (Å²) in [6.07, 6.45) is 0.246. The van der Waals surface area contributed by atoms with Crippen molar-refractivity contribution in [1.29, 1.82) is 0 Å². The molecule has 0 radical (unpaired) electrons. The lowest BCUT2D eigenvalue weighted by Crippen LogP contribution is -2.17. The van der Waals surface area contributed by atoms with E-state index in [1.54, 1.807) is 19.1 Å². The Balaban J connectivity index is 1.84. The normalized spacial score (nSPS) is 15.5. The number of rotatable bonds is 5. The summed E-state index contributed by atoms with van der Waals surface area (Å²) in [5.41, 5.74) is 3.63. The van der Waals surface area contributed by atoms with Gasteiger partial charge in [0.1, 0.15) is 0 Å². The van der Waals surface area contributed by atoms with Crippen LogP contribution in [0.4, 0.5) is 17.1 Å². The van der Waals surface area contributed by atoms with E-state index >= 15 is 0 Å². The minimum absolute atomic E-state index is 0.0276. The van der Waals surface area contributed by atoms with E-state index in [2.05, 4.69) is 10.3 Å². The number of hydrogen-bond acceptors (Lipinski definition) is 7. The second-order valence-corrected chi connectivity index (χ2v) is 7.22. The van der Waals surface area contributed by atoms with Crippen LogP contribution in [0.3, 0.4) is 0 Å². The summed E-state index contributed by atoms with van der Waals surface area (Å²) < 4.78 is 5.10. The highest BCUT2D eigenvalue weighted by atomic mass is 32.2. The molecule has 0 amide bonds. The van der Waals surface area contributed by atoms with Crippen LogP contribution in [0.1, 0.15) is 29.7 Å². The first-order valence-electron chi connectivity index (χ1n) is 8.49. The van der Waals surface area contributed by atoms with Crippen LogP contribution in [0.2, 0.25) is 0 Å². The van der Waals surface area contributed by atoms with Gasteiger partial charge >= 0.3 is 5.97 Å². The summed E-state index contributed by atoms with van der Waals surface area (Å²) in [7, 11) is 0. The Bertz CT molecular complexity index is 896. The smallest absolute Gasteiger partial charge is 0.307 e. The fraction of sp³-hybridized carbons (Fsp3) is 0.263. The van der Waals surface area contributed by atoms with Crippen molar-refractivity contribution in [2.45, 2.75) is 25.5 Å². The number of aryl methyl sites for hydroxylation is 1. The predicted octanol–water partition coefficient (Wildman–Crippen LogP) is 4.74. The van der Waals surface area contributed by atoms with Gasteiger partial charge < -0.3 is 10.1 Å². The van der Waals surface area contributed by atoms with Crippen molar-refractivity contribution in [2.24, 2.45) is 4.99 Å². The molecule has 1 atom stereocenters. The molecule has 2 aromatic rings. The maximum absolute atomic E-state index is 12.0. The van der Waals surface area contributed by atoms with Gasteiger partial charge in [0.05, 0.1) is 23.6 Å².